The molecule has 0 unspecified atom stereocenters. The number of fused-ring (bicyclic) bond motifs is 6. The molecule has 0 radical (unpaired) electrons. The van der Waals surface area contributed by atoms with Crippen LogP contribution >= 0.6 is 0 Å². The second-order valence-corrected chi connectivity index (χ2v) is 19.3. The number of nitrogens with zero attached hydrogens (tertiary/aromatic N) is 1. The van der Waals surface area contributed by atoms with Crippen molar-refractivity contribution in [1.29, 1.82) is 0 Å². The van der Waals surface area contributed by atoms with Crippen molar-refractivity contribution >= 4 is 75.8 Å². The Hall–Kier alpha value is -4.74. The summed E-state index contributed by atoms with van der Waals surface area (Å²) in [5.74, 6) is 6.40. The molecule has 0 amide bonds. The third-order valence-corrected chi connectivity index (χ3v) is 18.8. The monoisotopic (exact) mass is 587 g/mol. The van der Waals surface area contributed by atoms with E-state index in [2.05, 4.69) is 126 Å². The molecule has 41 heavy (non-hydrogen) atoms. The van der Waals surface area contributed by atoms with E-state index in [-0.39, 0.29) is 0 Å². The van der Waals surface area contributed by atoms with Crippen molar-refractivity contribution in [3.05, 3.63) is 121 Å². The Kier molecular flexibility index (Phi) is 4.03. The molecule has 0 aliphatic carbocycles. The fourth-order valence-electron chi connectivity index (χ4n) is 7.82. The molecule has 7 aromatic carbocycles. The van der Waals surface area contributed by atoms with Crippen LogP contribution in [-0.2, 0) is 0 Å². The molecule has 10 rings (SSSR count). The molecule has 4 heteroatoms. The van der Waals surface area contributed by atoms with Gasteiger partial charge in [-0.3, -0.25) is 0 Å². The van der Waals surface area contributed by atoms with Crippen LogP contribution in [0.15, 0.2) is 121 Å². The molecule has 0 spiro atoms. The van der Waals surface area contributed by atoms with Gasteiger partial charge in [-0.05, 0) is 0 Å². The first-order valence-electron chi connectivity index (χ1n) is 14.1. The Morgan fingerprint density at radius 1 is 0.439 bits per heavy atom. The van der Waals surface area contributed by atoms with Crippen LogP contribution in [0, 0.1) is 0 Å². The Morgan fingerprint density at radius 2 is 0.878 bits per heavy atom. The van der Waals surface area contributed by atoms with Gasteiger partial charge in [0.25, 0.3) is 0 Å². The summed E-state index contributed by atoms with van der Waals surface area (Å²) >= 11 is -3.11. The number of rotatable bonds is 1. The van der Waals surface area contributed by atoms with Crippen molar-refractivity contribution in [2.75, 3.05) is 4.90 Å². The molecule has 192 valence electrons. The summed E-state index contributed by atoms with van der Waals surface area (Å²) in [6, 6.07) is 43.9. The van der Waals surface area contributed by atoms with Gasteiger partial charge < -0.3 is 0 Å². The molecule has 0 bridgehead atoms. The first-order valence-corrected chi connectivity index (χ1v) is 19.4. The third kappa shape index (κ3) is 2.61. The predicted octanol–water partition coefficient (Wildman–Crippen LogP) is 8.24. The Labute approximate surface area is 239 Å². The van der Waals surface area contributed by atoms with E-state index in [9.17, 15) is 0 Å². The van der Waals surface area contributed by atoms with Crippen LogP contribution < -0.4 is 27.6 Å². The fraction of sp³-hybridized carbons (Fsp3) is 0.0270. The van der Waals surface area contributed by atoms with Crippen molar-refractivity contribution < 1.29 is 9.47 Å². The van der Waals surface area contributed by atoms with E-state index >= 15 is 0 Å². The number of benzene rings is 7. The first kappa shape index (κ1) is 22.0. The van der Waals surface area contributed by atoms with Gasteiger partial charge in [-0.25, -0.2) is 0 Å². The van der Waals surface area contributed by atoms with Crippen molar-refractivity contribution in [3.63, 3.8) is 0 Å². The molecule has 0 fully saturated rings. The van der Waals surface area contributed by atoms with Gasteiger partial charge >= 0.3 is 240 Å². The number of ether oxygens (including phenoxy) is 2. The molecule has 3 aliphatic heterocycles. The van der Waals surface area contributed by atoms with Crippen molar-refractivity contribution in [2.45, 2.75) is 5.76 Å². The molecule has 3 aliphatic rings. The molecule has 0 saturated heterocycles. The average Bonchev–Trinajstić information content (AvgIpc) is 3.01. The number of hydrogen-bond acceptors (Lipinski definition) is 3. The summed E-state index contributed by atoms with van der Waals surface area (Å²) in [5.41, 5.74) is 3.59. The van der Waals surface area contributed by atoms with Crippen LogP contribution in [0.2, 0.25) is 5.76 Å². The van der Waals surface area contributed by atoms with Gasteiger partial charge in [-0.2, -0.15) is 0 Å². The molecular weight excluding hydrogens is 563 g/mol. The van der Waals surface area contributed by atoms with Crippen molar-refractivity contribution in [3.8, 4) is 23.0 Å². The van der Waals surface area contributed by atoms with E-state index in [1.165, 1.54) is 56.9 Å². The van der Waals surface area contributed by atoms with E-state index in [0.717, 1.165) is 28.7 Å². The molecule has 0 atom stereocenters. The molecule has 7 aromatic rings. The molecule has 0 saturated carbocycles. The van der Waals surface area contributed by atoms with Crippen LogP contribution in [0.4, 0.5) is 17.1 Å². The van der Waals surface area contributed by atoms with Crippen LogP contribution in [0.3, 0.4) is 0 Å². The molecular formula is C37H23GeNO2. The second kappa shape index (κ2) is 7.51. The fourth-order valence-corrected chi connectivity index (χ4v) is 17.6. The van der Waals surface area contributed by atoms with Gasteiger partial charge in [-0.15, -0.1) is 0 Å². The summed E-state index contributed by atoms with van der Waals surface area (Å²) in [6.07, 6.45) is 0. The van der Waals surface area contributed by atoms with Gasteiger partial charge in [-0.1, -0.05) is 0 Å². The standard InChI is InChI=1S/C37H23GeNO2/c1-38-35-29-13-6-15-31(35)40-33-17-8-18-34(37(33)38)41-32-16-7-14-30(36(32)38)39(29)22-19-20-27-25-11-3-2-9-23(25)24-10-4-5-12-26(24)28(27)21-22/h2-21H,1H3. The zero-order chi connectivity index (χ0) is 26.9. The van der Waals surface area contributed by atoms with Crippen LogP contribution in [-0.4, -0.2) is 13.3 Å². The normalized spacial score (nSPS) is 15.0. The van der Waals surface area contributed by atoms with Crippen molar-refractivity contribution in [1.82, 2.24) is 0 Å². The van der Waals surface area contributed by atoms with E-state index in [0.29, 0.717) is 0 Å². The second-order valence-electron chi connectivity index (χ2n) is 11.4. The molecule has 3 nitrogen and oxygen atoms in total. The van der Waals surface area contributed by atoms with E-state index in [1.54, 1.807) is 0 Å². The SMILES string of the molecule is [CH3][Ge]12[c]3c4cccc3Oc3cccc([c]31)N(c1ccc3c5ccccc5c5ccccc5c3c1)c1cccc([c]12)O4. The Balaban J connectivity index is 1.32. The average molecular weight is 586 g/mol. The Morgan fingerprint density at radius 3 is 1.41 bits per heavy atom. The molecule has 0 N–H and O–H groups in total. The summed E-state index contributed by atoms with van der Waals surface area (Å²) in [4.78, 5) is 2.44. The predicted molar refractivity (Wildman–Crippen MR) is 171 cm³/mol. The van der Waals surface area contributed by atoms with Crippen molar-refractivity contribution in [2.24, 2.45) is 0 Å². The van der Waals surface area contributed by atoms with Crippen LogP contribution in [0.25, 0.3) is 32.3 Å². The van der Waals surface area contributed by atoms with E-state index in [1.807, 2.05) is 6.07 Å². The molecule has 0 aromatic heterocycles. The van der Waals surface area contributed by atoms with E-state index in [4.69, 9.17) is 9.47 Å². The number of anilines is 3. The quantitative estimate of drug-likeness (QED) is 0.143. The molecule has 3 heterocycles. The zero-order valence-corrected chi connectivity index (χ0v) is 24.4. The third-order valence-electron chi connectivity index (χ3n) is 9.40. The summed E-state index contributed by atoms with van der Waals surface area (Å²) in [6.45, 7) is 0. The first-order chi connectivity index (χ1) is 20.2. The topological polar surface area (TPSA) is 21.7 Å². The maximum absolute atomic E-state index is 6.62. The number of hydrogen-bond donors (Lipinski definition) is 0. The summed E-state index contributed by atoms with van der Waals surface area (Å²) < 4.78 is 17.3. The Bertz CT molecular complexity index is 2200. The summed E-state index contributed by atoms with van der Waals surface area (Å²) in [7, 11) is 0. The minimum absolute atomic E-state index is 0.951. The maximum atomic E-state index is 6.62. The van der Waals surface area contributed by atoms with Gasteiger partial charge in [0, 0.05) is 0 Å². The van der Waals surface area contributed by atoms with Gasteiger partial charge in [0.15, 0.2) is 0 Å². The summed E-state index contributed by atoms with van der Waals surface area (Å²) in [5, 5.41) is 7.68. The zero-order valence-electron chi connectivity index (χ0n) is 22.3. The van der Waals surface area contributed by atoms with Gasteiger partial charge in [0.1, 0.15) is 0 Å². The van der Waals surface area contributed by atoms with E-state index < -0.39 is 13.3 Å². The minimum atomic E-state index is -3.11. The van der Waals surface area contributed by atoms with Crippen LogP contribution in [0.1, 0.15) is 0 Å². The van der Waals surface area contributed by atoms with Crippen LogP contribution in [0.5, 0.6) is 23.0 Å². The van der Waals surface area contributed by atoms with Gasteiger partial charge in [0.2, 0.25) is 0 Å². The van der Waals surface area contributed by atoms with Gasteiger partial charge in [0.05, 0.1) is 0 Å².